The molecule has 6 nitrogen and oxygen atoms in total. The third-order valence-corrected chi connectivity index (χ3v) is 3.92. The van der Waals surface area contributed by atoms with E-state index in [1.165, 1.54) is 6.92 Å². The second-order valence-electron chi connectivity index (χ2n) is 5.96. The first-order chi connectivity index (χ1) is 11.1. The van der Waals surface area contributed by atoms with E-state index >= 15 is 0 Å². The molecular formula is C17H23N5O. The topological polar surface area (TPSA) is 42.1 Å². The van der Waals surface area contributed by atoms with Crippen LogP contribution in [0.3, 0.4) is 0 Å². The highest BCUT2D eigenvalue weighted by Crippen LogP contribution is 2.21. The van der Waals surface area contributed by atoms with Crippen molar-refractivity contribution in [3.63, 3.8) is 0 Å². The third-order valence-electron chi connectivity index (χ3n) is 3.92. The molecule has 1 amide bonds. The molecule has 2 heterocycles. The van der Waals surface area contributed by atoms with Gasteiger partial charge >= 0.3 is 0 Å². The maximum absolute atomic E-state index is 11.0. The lowest BCUT2D eigenvalue weighted by atomic mass is 10.2. The predicted octanol–water partition coefficient (Wildman–Crippen LogP) is 1.87. The Morgan fingerprint density at radius 3 is 2.26 bits per heavy atom. The van der Waals surface area contributed by atoms with Crippen molar-refractivity contribution < 1.29 is 4.79 Å². The van der Waals surface area contributed by atoms with E-state index in [-0.39, 0.29) is 5.91 Å². The second kappa shape index (κ2) is 6.64. The van der Waals surface area contributed by atoms with Crippen molar-refractivity contribution in [2.24, 2.45) is 0 Å². The van der Waals surface area contributed by atoms with Crippen molar-refractivity contribution in [3.05, 3.63) is 49.1 Å². The smallest absolute Gasteiger partial charge is 0.221 e. The van der Waals surface area contributed by atoms with Crippen LogP contribution in [0.2, 0.25) is 0 Å². The molecule has 6 heteroatoms. The number of nitrogens with one attached hydrogen (secondary N) is 1. The molecule has 0 spiro atoms. The molecule has 0 fully saturated rings. The van der Waals surface area contributed by atoms with E-state index in [1.807, 2.05) is 24.3 Å². The number of carbonyl (C=O) groups excluding carboxylic acids is 1. The van der Waals surface area contributed by atoms with Gasteiger partial charge in [0.2, 0.25) is 5.91 Å². The normalized spacial score (nSPS) is 16.6. The quantitative estimate of drug-likeness (QED) is 0.899. The van der Waals surface area contributed by atoms with Crippen LogP contribution in [0.15, 0.2) is 49.1 Å². The molecule has 0 atom stereocenters. The Balaban J connectivity index is 1.48. The minimum Gasteiger partial charge on any atom is -0.362 e. The summed E-state index contributed by atoms with van der Waals surface area (Å²) in [4.78, 5) is 20.0. The lowest BCUT2D eigenvalue weighted by Gasteiger charge is -2.24. The van der Waals surface area contributed by atoms with E-state index in [9.17, 15) is 4.79 Å². The summed E-state index contributed by atoms with van der Waals surface area (Å²) in [7, 11) is 2.08. The third kappa shape index (κ3) is 3.97. The summed E-state index contributed by atoms with van der Waals surface area (Å²) in [6.07, 6.45) is 8.46. The standard InChI is InChI=1S/C17H23N5O/c1-15(23)18-16-3-5-17(6-4-16)22-12-11-21(14-22)10-9-20-8-7-19(2)13-20/h3-8,11-12H,9-10,13-14H2,1-2H3,(H,18,23). The largest absolute Gasteiger partial charge is 0.362 e. The SMILES string of the molecule is CC(=O)Nc1ccc(N2C=CN(CCN3C=CN(C)C3)C2)cc1. The monoisotopic (exact) mass is 313 g/mol. The number of benzene rings is 1. The number of hydrogen-bond acceptors (Lipinski definition) is 5. The van der Waals surface area contributed by atoms with Gasteiger partial charge in [0.15, 0.2) is 0 Å². The summed E-state index contributed by atoms with van der Waals surface area (Å²) in [5.41, 5.74) is 1.95. The van der Waals surface area contributed by atoms with E-state index in [0.717, 1.165) is 37.8 Å². The summed E-state index contributed by atoms with van der Waals surface area (Å²) >= 11 is 0. The second-order valence-corrected chi connectivity index (χ2v) is 5.96. The lowest BCUT2D eigenvalue weighted by Crippen LogP contribution is -2.33. The molecule has 1 aromatic rings. The van der Waals surface area contributed by atoms with Crippen LogP contribution in [-0.2, 0) is 4.79 Å². The molecule has 2 aliphatic rings. The van der Waals surface area contributed by atoms with Crippen LogP contribution in [0.4, 0.5) is 11.4 Å². The van der Waals surface area contributed by atoms with Crippen LogP contribution < -0.4 is 10.2 Å². The van der Waals surface area contributed by atoms with Crippen LogP contribution in [0.25, 0.3) is 0 Å². The van der Waals surface area contributed by atoms with Gasteiger partial charge in [-0.3, -0.25) is 4.79 Å². The number of hydrogen-bond donors (Lipinski definition) is 1. The van der Waals surface area contributed by atoms with Crippen LogP contribution in [0.1, 0.15) is 6.92 Å². The Bertz CT molecular complexity index is 610. The molecule has 0 bridgehead atoms. The van der Waals surface area contributed by atoms with Gasteiger partial charge in [-0.15, -0.1) is 0 Å². The fourth-order valence-corrected chi connectivity index (χ4v) is 2.71. The van der Waals surface area contributed by atoms with Gasteiger partial charge in [0.05, 0.1) is 13.3 Å². The van der Waals surface area contributed by atoms with Gasteiger partial charge in [-0.2, -0.15) is 0 Å². The molecule has 1 N–H and O–H groups in total. The fraction of sp³-hybridized carbons (Fsp3) is 0.353. The number of nitrogens with zero attached hydrogens (tertiary/aromatic N) is 4. The van der Waals surface area contributed by atoms with Crippen molar-refractivity contribution in [1.29, 1.82) is 0 Å². The first kappa shape index (κ1) is 15.3. The number of anilines is 2. The maximum atomic E-state index is 11.0. The average Bonchev–Trinajstić information content (AvgIpc) is 3.14. The first-order valence-corrected chi connectivity index (χ1v) is 7.79. The zero-order valence-corrected chi connectivity index (χ0v) is 13.6. The van der Waals surface area contributed by atoms with Crippen molar-refractivity contribution in [3.8, 4) is 0 Å². The van der Waals surface area contributed by atoms with E-state index in [1.54, 1.807) is 0 Å². The van der Waals surface area contributed by atoms with E-state index in [4.69, 9.17) is 0 Å². The molecule has 1 aromatic carbocycles. The van der Waals surface area contributed by atoms with Crippen LogP contribution in [-0.4, -0.2) is 54.1 Å². The molecule has 0 saturated heterocycles. The van der Waals surface area contributed by atoms with Gasteiger partial charge in [0.25, 0.3) is 0 Å². The summed E-state index contributed by atoms with van der Waals surface area (Å²) in [5, 5.41) is 2.78. The van der Waals surface area contributed by atoms with E-state index in [2.05, 4.69) is 56.8 Å². The molecule has 0 aromatic heterocycles. The fourth-order valence-electron chi connectivity index (χ4n) is 2.71. The maximum Gasteiger partial charge on any atom is 0.221 e. The van der Waals surface area contributed by atoms with Gasteiger partial charge in [0.1, 0.15) is 0 Å². The summed E-state index contributed by atoms with van der Waals surface area (Å²) in [6.45, 7) is 5.34. The molecule has 0 aliphatic carbocycles. The molecule has 0 radical (unpaired) electrons. The van der Waals surface area contributed by atoms with Gasteiger partial charge < -0.3 is 24.9 Å². The number of carbonyl (C=O) groups is 1. The number of rotatable bonds is 5. The summed E-state index contributed by atoms with van der Waals surface area (Å²) in [5.74, 6) is -0.0494. The van der Waals surface area contributed by atoms with Crippen molar-refractivity contribution in [1.82, 2.24) is 14.7 Å². The Labute approximate surface area is 137 Å². The Hall–Kier alpha value is -2.63. The highest BCUT2D eigenvalue weighted by atomic mass is 16.1. The van der Waals surface area contributed by atoms with Crippen molar-refractivity contribution in [2.45, 2.75) is 6.92 Å². The first-order valence-electron chi connectivity index (χ1n) is 7.79. The van der Waals surface area contributed by atoms with Gasteiger partial charge in [-0.25, -0.2) is 0 Å². The zero-order chi connectivity index (χ0) is 16.2. The zero-order valence-electron chi connectivity index (χ0n) is 13.6. The minimum atomic E-state index is -0.0494. The Morgan fingerprint density at radius 2 is 1.65 bits per heavy atom. The highest BCUT2D eigenvalue weighted by molar-refractivity contribution is 5.88. The van der Waals surface area contributed by atoms with E-state index < -0.39 is 0 Å². The molecule has 0 unspecified atom stereocenters. The summed E-state index contributed by atoms with van der Waals surface area (Å²) < 4.78 is 0. The van der Waals surface area contributed by atoms with Crippen LogP contribution in [0.5, 0.6) is 0 Å². The number of amides is 1. The molecule has 3 rings (SSSR count). The van der Waals surface area contributed by atoms with Crippen LogP contribution >= 0.6 is 0 Å². The summed E-state index contributed by atoms with van der Waals surface area (Å²) in [6, 6.07) is 7.91. The molecule has 2 aliphatic heterocycles. The van der Waals surface area contributed by atoms with E-state index in [0.29, 0.717) is 0 Å². The van der Waals surface area contributed by atoms with Crippen molar-refractivity contribution in [2.75, 3.05) is 43.7 Å². The Morgan fingerprint density at radius 1 is 1.00 bits per heavy atom. The van der Waals surface area contributed by atoms with Crippen LogP contribution in [0, 0.1) is 0 Å². The van der Waals surface area contributed by atoms with Crippen molar-refractivity contribution >= 4 is 17.3 Å². The average molecular weight is 313 g/mol. The Kier molecular flexibility index (Phi) is 4.41. The lowest BCUT2D eigenvalue weighted by molar-refractivity contribution is -0.114. The molecular weight excluding hydrogens is 290 g/mol. The predicted molar refractivity (Wildman–Crippen MR) is 92.4 cm³/mol. The van der Waals surface area contributed by atoms with Gasteiger partial charge in [-0.05, 0) is 24.3 Å². The minimum absolute atomic E-state index is 0.0494. The van der Waals surface area contributed by atoms with Gasteiger partial charge in [0, 0.05) is 63.2 Å². The molecule has 122 valence electrons. The molecule has 23 heavy (non-hydrogen) atoms. The molecule has 0 saturated carbocycles. The highest BCUT2D eigenvalue weighted by Gasteiger charge is 2.15. The van der Waals surface area contributed by atoms with Gasteiger partial charge in [-0.1, -0.05) is 0 Å².